The predicted octanol–water partition coefficient (Wildman–Crippen LogP) is 3.25. The number of nitrogens with one attached hydrogen (secondary N) is 1. The van der Waals surface area contributed by atoms with Crippen molar-refractivity contribution in [1.82, 2.24) is 5.32 Å². The highest BCUT2D eigenvalue weighted by atomic mass is 19.1. The van der Waals surface area contributed by atoms with Crippen LogP contribution in [-0.2, 0) is 0 Å². The van der Waals surface area contributed by atoms with Crippen LogP contribution in [0.3, 0.4) is 0 Å². The molecule has 20 heavy (non-hydrogen) atoms. The molecule has 0 unspecified atom stereocenters. The Morgan fingerprint density at radius 3 is 2.70 bits per heavy atom. The number of amides is 1. The van der Waals surface area contributed by atoms with Crippen LogP contribution in [0.5, 0.6) is 0 Å². The Labute approximate surface area is 117 Å². The van der Waals surface area contributed by atoms with Crippen LogP contribution in [-0.4, -0.2) is 12.5 Å². The summed E-state index contributed by atoms with van der Waals surface area (Å²) in [4.78, 5) is 11.8. The van der Waals surface area contributed by atoms with E-state index in [1.807, 2.05) is 0 Å². The van der Waals surface area contributed by atoms with E-state index in [2.05, 4.69) is 5.32 Å². The van der Waals surface area contributed by atoms with Crippen molar-refractivity contribution in [2.75, 3.05) is 12.3 Å². The first kappa shape index (κ1) is 14.8. The van der Waals surface area contributed by atoms with Gasteiger partial charge in [0.1, 0.15) is 11.4 Å². The van der Waals surface area contributed by atoms with Crippen LogP contribution in [0, 0.1) is 17.6 Å². The number of rotatable bonds is 5. The Morgan fingerprint density at radius 2 is 2.00 bits per heavy atom. The molecule has 0 aliphatic heterocycles. The lowest BCUT2D eigenvalue weighted by Gasteiger charge is -2.10. The van der Waals surface area contributed by atoms with Crippen molar-refractivity contribution in [2.24, 2.45) is 5.92 Å². The number of benzene rings is 1. The second-order valence-electron chi connectivity index (χ2n) is 5.37. The molecule has 0 spiro atoms. The fourth-order valence-corrected chi connectivity index (χ4v) is 2.76. The zero-order chi connectivity index (χ0) is 14.5. The third-order valence-corrected chi connectivity index (χ3v) is 3.90. The van der Waals surface area contributed by atoms with E-state index in [1.54, 1.807) is 0 Å². The van der Waals surface area contributed by atoms with Gasteiger partial charge in [-0.05, 0) is 30.9 Å². The molecule has 1 amide bonds. The first-order chi connectivity index (χ1) is 9.59. The van der Waals surface area contributed by atoms with Crippen LogP contribution in [0.25, 0.3) is 0 Å². The Bertz CT molecular complexity index is 485. The summed E-state index contributed by atoms with van der Waals surface area (Å²) in [5.74, 6) is -1.87. The van der Waals surface area contributed by atoms with Crippen LogP contribution in [0.15, 0.2) is 12.1 Å². The Kier molecular flexibility index (Phi) is 4.93. The lowest BCUT2D eigenvalue weighted by molar-refractivity contribution is 0.0944. The first-order valence-corrected chi connectivity index (χ1v) is 7.11. The number of carbonyl (C=O) groups excluding carboxylic acids is 1. The van der Waals surface area contributed by atoms with Gasteiger partial charge < -0.3 is 11.1 Å². The van der Waals surface area contributed by atoms with Gasteiger partial charge in [-0.2, -0.15) is 0 Å². The molecule has 1 aliphatic rings. The fraction of sp³-hybridized carbons (Fsp3) is 0.533. The first-order valence-electron chi connectivity index (χ1n) is 7.11. The molecule has 0 saturated heterocycles. The van der Waals surface area contributed by atoms with Crippen molar-refractivity contribution in [3.05, 3.63) is 29.3 Å². The zero-order valence-electron chi connectivity index (χ0n) is 11.4. The summed E-state index contributed by atoms with van der Waals surface area (Å²) >= 11 is 0. The minimum absolute atomic E-state index is 0.220. The van der Waals surface area contributed by atoms with E-state index in [1.165, 1.54) is 25.7 Å². The largest absolute Gasteiger partial charge is 0.396 e. The van der Waals surface area contributed by atoms with Gasteiger partial charge >= 0.3 is 0 Å². The Hall–Kier alpha value is -1.65. The van der Waals surface area contributed by atoms with Crippen molar-refractivity contribution in [3.63, 3.8) is 0 Å². The van der Waals surface area contributed by atoms with Gasteiger partial charge in [0.25, 0.3) is 5.91 Å². The lowest BCUT2D eigenvalue weighted by atomic mass is 10.0. The van der Waals surface area contributed by atoms with Gasteiger partial charge in [-0.3, -0.25) is 4.79 Å². The molecule has 1 aromatic rings. The molecular weight excluding hydrogens is 262 g/mol. The highest BCUT2D eigenvalue weighted by Crippen LogP contribution is 2.28. The molecular formula is C15H20F2N2O. The summed E-state index contributed by atoms with van der Waals surface area (Å²) in [6.45, 7) is 0.434. The van der Waals surface area contributed by atoms with Crippen LogP contribution in [0.1, 0.15) is 48.9 Å². The maximum Gasteiger partial charge on any atom is 0.257 e. The van der Waals surface area contributed by atoms with Crippen molar-refractivity contribution in [1.29, 1.82) is 0 Å². The molecule has 1 aromatic carbocycles. The maximum atomic E-state index is 13.6. The summed E-state index contributed by atoms with van der Waals surface area (Å²) < 4.78 is 27.1. The molecule has 5 heteroatoms. The monoisotopic (exact) mass is 282 g/mol. The van der Waals surface area contributed by atoms with Gasteiger partial charge in [0.05, 0.1) is 5.69 Å². The van der Waals surface area contributed by atoms with E-state index < -0.39 is 23.1 Å². The van der Waals surface area contributed by atoms with E-state index in [-0.39, 0.29) is 5.69 Å². The third kappa shape index (κ3) is 3.46. The minimum Gasteiger partial charge on any atom is -0.396 e. The molecule has 1 saturated carbocycles. The minimum atomic E-state index is -0.988. The number of nitrogen functional groups attached to an aromatic ring is 1. The number of hydrogen-bond acceptors (Lipinski definition) is 2. The molecule has 110 valence electrons. The van der Waals surface area contributed by atoms with Crippen LogP contribution in [0.4, 0.5) is 14.5 Å². The van der Waals surface area contributed by atoms with E-state index in [4.69, 9.17) is 5.73 Å². The zero-order valence-corrected chi connectivity index (χ0v) is 11.4. The van der Waals surface area contributed by atoms with E-state index >= 15 is 0 Å². The predicted molar refractivity (Wildman–Crippen MR) is 74.3 cm³/mol. The van der Waals surface area contributed by atoms with Gasteiger partial charge in [-0.25, -0.2) is 8.78 Å². The smallest absolute Gasteiger partial charge is 0.257 e. The second kappa shape index (κ2) is 6.68. The standard InChI is InChI=1S/C15H20F2N2O/c16-11-7-8-12(18)14(17)13(11)15(20)19-9-3-6-10-4-1-2-5-10/h7-8,10H,1-6,9,18H2,(H,19,20). The number of nitrogens with two attached hydrogens (primary N) is 1. The highest BCUT2D eigenvalue weighted by Gasteiger charge is 2.19. The number of hydrogen-bond donors (Lipinski definition) is 2. The van der Waals surface area contributed by atoms with Gasteiger partial charge in [-0.15, -0.1) is 0 Å². The average molecular weight is 282 g/mol. The molecule has 3 N–H and O–H groups in total. The second-order valence-corrected chi connectivity index (χ2v) is 5.37. The summed E-state index contributed by atoms with van der Waals surface area (Å²) in [6, 6.07) is 2.12. The Morgan fingerprint density at radius 1 is 1.30 bits per heavy atom. The Balaban J connectivity index is 1.84. The van der Waals surface area contributed by atoms with E-state index in [9.17, 15) is 13.6 Å². The summed E-state index contributed by atoms with van der Waals surface area (Å²) in [7, 11) is 0. The normalized spacial score (nSPS) is 15.5. The molecule has 0 bridgehead atoms. The van der Waals surface area contributed by atoms with Gasteiger partial charge in [0.2, 0.25) is 0 Å². The maximum absolute atomic E-state index is 13.6. The van der Waals surface area contributed by atoms with Gasteiger partial charge in [0.15, 0.2) is 5.82 Å². The summed E-state index contributed by atoms with van der Waals surface area (Å²) in [6.07, 6.45) is 6.98. The molecule has 0 radical (unpaired) electrons. The van der Waals surface area contributed by atoms with Gasteiger partial charge in [0, 0.05) is 6.54 Å². The molecule has 2 rings (SSSR count). The lowest BCUT2D eigenvalue weighted by Crippen LogP contribution is -2.27. The molecule has 0 heterocycles. The summed E-state index contributed by atoms with van der Waals surface area (Å²) in [5, 5.41) is 2.56. The van der Waals surface area contributed by atoms with Crippen molar-refractivity contribution in [2.45, 2.75) is 38.5 Å². The van der Waals surface area contributed by atoms with E-state index in [0.717, 1.165) is 30.9 Å². The molecule has 3 nitrogen and oxygen atoms in total. The summed E-state index contributed by atoms with van der Waals surface area (Å²) in [5.41, 5.74) is 4.53. The van der Waals surface area contributed by atoms with E-state index in [0.29, 0.717) is 6.54 Å². The molecule has 0 aromatic heterocycles. The SMILES string of the molecule is Nc1ccc(F)c(C(=O)NCCCC2CCCC2)c1F. The van der Waals surface area contributed by atoms with Crippen LogP contribution in [0.2, 0.25) is 0 Å². The third-order valence-electron chi connectivity index (χ3n) is 3.90. The average Bonchev–Trinajstić information content (AvgIpc) is 2.93. The topological polar surface area (TPSA) is 55.1 Å². The molecule has 1 aliphatic carbocycles. The van der Waals surface area contributed by atoms with Crippen molar-refractivity contribution in [3.8, 4) is 0 Å². The quantitative estimate of drug-likeness (QED) is 0.643. The van der Waals surface area contributed by atoms with Crippen LogP contribution >= 0.6 is 0 Å². The number of carbonyl (C=O) groups is 1. The van der Waals surface area contributed by atoms with Crippen molar-refractivity contribution < 1.29 is 13.6 Å². The molecule has 0 atom stereocenters. The van der Waals surface area contributed by atoms with Crippen LogP contribution < -0.4 is 11.1 Å². The highest BCUT2D eigenvalue weighted by molar-refractivity contribution is 5.95. The van der Waals surface area contributed by atoms with Gasteiger partial charge in [-0.1, -0.05) is 25.7 Å². The number of halogens is 2. The fourth-order valence-electron chi connectivity index (χ4n) is 2.76. The molecule has 1 fully saturated rings. The number of anilines is 1. The van der Waals surface area contributed by atoms with Crippen molar-refractivity contribution >= 4 is 11.6 Å².